The van der Waals surface area contributed by atoms with Crippen LogP contribution in [-0.4, -0.2) is 33.1 Å². The van der Waals surface area contributed by atoms with Gasteiger partial charge < -0.3 is 10.7 Å². The summed E-state index contributed by atoms with van der Waals surface area (Å²) in [7, 11) is 1.64. The average molecular weight is 253 g/mol. The predicted molar refractivity (Wildman–Crippen MR) is 67.4 cm³/mol. The number of rotatable bonds is 2. The molecule has 0 atom stereocenters. The quantitative estimate of drug-likeness (QED) is 0.802. The Balaban J connectivity index is 2.34. The normalized spacial score (nSPS) is 15.6. The SMILES string of the molecule is CNn1c(C2CC2)nn(C(=O)NC(C)(C)C)c1=O. The van der Waals surface area contributed by atoms with Gasteiger partial charge in [-0.05, 0) is 33.6 Å². The van der Waals surface area contributed by atoms with Gasteiger partial charge in [0.05, 0.1) is 0 Å². The van der Waals surface area contributed by atoms with Crippen LogP contribution in [0.1, 0.15) is 45.4 Å². The molecule has 1 heterocycles. The van der Waals surface area contributed by atoms with Gasteiger partial charge in [-0.2, -0.15) is 4.68 Å². The maximum atomic E-state index is 12.0. The Kier molecular flexibility index (Phi) is 2.92. The highest BCUT2D eigenvalue weighted by atomic mass is 16.2. The zero-order valence-corrected chi connectivity index (χ0v) is 11.1. The summed E-state index contributed by atoms with van der Waals surface area (Å²) in [5.74, 6) is 0.917. The lowest BCUT2D eigenvalue weighted by Gasteiger charge is -2.19. The number of carbonyl (C=O) groups excluding carboxylic acids is 1. The second-order valence-electron chi connectivity index (χ2n) is 5.57. The van der Waals surface area contributed by atoms with Crippen molar-refractivity contribution in [3.05, 3.63) is 16.3 Å². The fourth-order valence-electron chi connectivity index (χ4n) is 1.70. The first-order chi connectivity index (χ1) is 8.33. The van der Waals surface area contributed by atoms with Crippen molar-refractivity contribution in [2.24, 2.45) is 0 Å². The van der Waals surface area contributed by atoms with Gasteiger partial charge in [0.2, 0.25) is 0 Å². The molecule has 1 aliphatic carbocycles. The van der Waals surface area contributed by atoms with Crippen LogP contribution in [0.5, 0.6) is 0 Å². The number of amides is 1. The molecule has 7 nitrogen and oxygen atoms in total. The molecule has 0 saturated heterocycles. The van der Waals surface area contributed by atoms with Gasteiger partial charge in [-0.25, -0.2) is 9.59 Å². The van der Waals surface area contributed by atoms with E-state index in [1.807, 2.05) is 20.8 Å². The van der Waals surface area contributed by atoms with E-state index in [9.17, 15) is 9.59 Å². The Hall–Kier alpha value is -1.79. The summed E-state index contributed by atoms with van der Waals surface area (Å²) in [6, 6.07) is -0.497. The Bertz CT molecular complexity index is 519. The number of nitrogens with zero attached hydrogens (tertiary/aromatic N) is 3. The minimum atomic E-state index is -0.497. The highest BCUT2D eigenvalue weighted by Crippen LogP contribution is 2.38. The second kappa shape index (κ2) is 4.15. The molecule has 1 fully saturated rings. The lowest BCUT2D eigenvalue weighted by Crippen LogP contribution is -2.47. The predicted octanol–water partition coefficient (Wildman–Crippen LogP) is 0.452. The van der Waals surface area contributed by atoms with E-state index < -0.39 is 17.3 Å². The first-order valence-corrected chi connectivity index (χ1v) is 6.06. The van der Waals surface area contributed by atoms with Crippen LogP contribution in [0.2, 0.25) is 0 Å². The van der Waals surface area contributed by atoms with Crippen molar-refractivity contribution in [2.45, 2.75) is 45.1 Å². The molecule has 18 heavy (non-hydrogen) atoms. The van der Waals surface area contributed by atoms with Crippen molar-refractivity contribution >= 4 is 6.03 Å². The van der Waals surface area contributed by atoms with Crippen LogP contribution in [0.3, 0.4) is 0 Å². The van der Waals surface area contributed by atoms with Crippen molar-refractivity contribution in [1.82, 2.24) is 19.8 Å². The van der Waals surface area contributed by atoms with Crippen LogP contribution in [0, 0.1) is 0 Å². The van der Waals surface area contributed by atoms with E-state index in [4.69, 9.17) is 0 Å². The molecular weight excluding hydrogens is 234 g/mol. The summed E-state index contributed by atoms with van der Waals surface area (Å²) in [6.45, 7) is 5.56. The molecule has 100 valence electrons. The summed E-state index contributed by atoms with van der Waals surface area (Å²) in [4.78, 5) is 24.0. The van der Waals surface area contributed by atoms with Crippen LogP contribution in [0.25, 0.3) is 0 Å². The van der Waals surface area contributed by atoms with Crippen LogP contribution in [0.15, 0.2) is 4.79 Å². The Labute approximate surface area is 105 Å². The van der Waals surface area contributed by atoms with Gasteiger partial charge in [0.1, 0.15) is 0 Å². The van der Waals surface area contributed by atoms with Gasteiger partial charge in [0.25, 0.3) is 0 Å². The highest BCUT2D eigenvalue weighted by molar-refractivity contribution is 5.76. The molecular formula is C11H19N5O2. The maximum absolute atomic E-state index is 12.0. The van der Waals surface area contributed by atoms with E-state index in [0.29, 0.717) is 5.82 Å². The summed E-state index contributed by atoms with van der Waals surface area (Å²) in [5, 5.41) is 6.84. The Morgan fingerprint density at radius 1 is 1.39 bits per heavy atom. The monoisotopic (exact) mass is 253 g/mol. The van der Waals surface area contributed by atoms with Gasteiger partial charge in [0, 0.05) is 18.5 Å². The number of hydrogen-bond acceptors (Lipinski definition) is 4. The zero-order chi connectivity index (χ0) is 13.5. The van der Waals surface area contributed by atoms with Gasteiger partial charge in [-0.15, -0.1) is 9.78 Å². The maximum Gasteiger partial charge on any atom is 0.373 e. The minimum Gasteiger partial charge on any atom is -0.331 e. The molecule has 7 heteroatoms. The molecule has 2 N–H and O–H groups in total. The van der Waals surface area contributed by atoms with Gasteiger partial charge in [-0.1, -0.05) is 0 Å². The molecule has 2 rings (SSSR count). The lowest BCUT2D eigenvalue weighted by molar-refractivity contribution is 0.229. The summed E-state index contributed by atoms with van der Waals surface area (Å²) in [6.07, 6.45) is 2.03. The highest BCUT2D eigenvalue weighted by Gasteiger charge is 2.32. The van der Waals surface area contributed by atoms with E-state index in [1.54, 1.807) is 7.05 Å². The van der Waals surface area contributed by atoms with Crippen LogP contribution in [-0.2, 0) is 0 Å². The summed E-state index contributed by atoms with van der Waals surface area (Å²) >= 11 is 0. The second-order valence-corrected chi connectivity index (χ2v) is 5.57. The van der Waals surface area contributed by atoms with Crippen molar-refractivity contribution in [3.8, 4) is 0 Å². The number of nitrogens with one attached hydrogen (secondary N) is 2. The topological polar surface area (TPSA) is 81.0 Å². The van der Waals surface area contributed by atoms with E-state index in [1.165, 1.54) is 4.68 Å². The molecule has 1 aromatic rings. The van der Waals surface area contributed by atoms with Crippen molar-refractivity contribution in [1.29, 1.82) is 0 Å². The average Bonchev–Trinajstić information content (AvgIpc) is 3.00. The van der Waals surface area contributed by atoms with E-state index in [-0.39, 0.29) is 5.92 Å². The fraction of sp³-hybridized carbons (Fsp3) is 0.727. The number of carbonyl (C=O) groups is 1. The van der Waals surface area contributed by atoms with Crippen molar-refractivity contribution in [3.63, 3.8) is 0 Å². The van der Waals surface area contributed by atoms with Crippen LogP contribution in [0.4, 0.5) is 4.79 Å². The fourth-order valence-corrected chi connectivity index (χ4v) is 1.70. The lowest BCUT2D eigenvalue weighted by atomic mass is 10.1. The molecule has 1 aromatic heterocycles. The minimum absolute atomic E-state index is 0.286. The number of hydrogen-bond donors (Lipinski definition) is 2. The van der Waals surface area contributed by atoms with Crippen LogP contribution < -0.4 is 16.4 Å². The smallest absolute Gasteiger partial charge is 0.331 e. The van der Waals surface area contributed by atoms with Crippen molar-refractivity contribution < 1.29 is 4.79 Å². The Morgan fingerprint density at radius 3 is 2.44 bits per heavy atom. The van der Waals surface area contributed by atoms with Gasteiger partial charge in [-0.3, -0.25) is 0 Å². The molecule has 1 amide bonds. The molecule has 1 aliphatic rings. The van der Waals surface area contributed by atoms with Gasteiger partial charge in [0.15, 0.2) is 5.82 Å². The van der Waals surface area contributed by atoms with Gasteiger partial charge >= 0.3 is 11.7 Å². The largest absolute Gasteiger partial charge is 0.373 e. The standard InChI is InChI=1S/C11H19N5O2/c1-11(2,3)13-9(17)16-10(18)15(12-4)8(14-16)7-5-6-7/h7,12H,5-6H2,1-4H3,(H,13,17). The van der Waals surface area contributed by atoms with E-state index >= 15 is 0 Å². The van der Waals surface area contributed by atoms with Crippen molar-refractivity contribution in [2.75, 3.05) is 12.5 Å². The molecule has 0 bridgehead atoms. The summed E-state index contributed by atoms with van der Waals surface area (Å²) in [5.41, 5.74) is 1.90. The third kappa shape index (κ3) is 2.39. The molecule has 0 aromatic carbocycles. The third-order valence-electron chi connectivity index (χ3n) is 2.64. The number of aromatic nitrogens is 3. The van der Waals surface area contributed by atoms with Crippen LogP contribution >= 0.6 is 0 Å². The Morgan fingerprint density at radius 2 is 2.00 bits per heavy atom. The molecule has 0 spiro atoms. The van der Waals surface area contributed by atoms with E-state index in [0.717, 1.165) is 17.5 Å². The first kappa shape index (κ1) is 12.7. The third-order valence-corrected chi connectivity index (χ3v) is 2.64. The molecule has 0 radical (unpaired) electrons. The summed E-state index contributed by atoms with van der Waals surface area (Å²) < 4.78 is 2.22. The zero-order valence-electron chi connectivity index (χ0n) is 11.1. The molecule has 0 unspecified atom stereocenters. The first-order valence-electron chi connectivity index (χ1n) is 6.06. The molecule has 0 aliphatic heterocycles. The molecule has 1 saturated carbocycles. The van der Waals surface area contributed by atoms with E-state index in [2.05, 4.69) is 15.8 Å².